The Bertz CT molecular complexity index is 898. The van der Waals surface area contributed by atoms with Crippen LogP contribution in [0.1, 0.15) is 11.1 Å². The summed E-state index contributed by atoms with van der Waals surface area (Å²) < 4.78 is 31.3. The van der Waals surface area contributed by atoms with Crippen LogP contribution in [0, 0.1) is 6.92 Å². The number of halogens is 1. The van der Waals surface area contributed by atoms with Gasteiger partial charge in [-0.2, -0.15) is 0 Å². The van der Waals surface area contributed by atoms with Gasteiger partial charge in [-0.1, -0.05) is 29.8 Å². The van der Waals surface area contributed by atoms with Crippen molar-refractivity contribution in [1.82, 2.24) is 9.62 Å². The quantitative estimate of drug-likeness (QED) is 0.780. The summed E-state index contributed by atoms with van der Waals surface area (Å²) >= 11 is 5.88. The van der Waals surface area contributed by atoms with Crippen LogP contribution >= 0.6 is 11.6 Å². The Morgan fingerprint density at radius 3 is 2.54 bits per heavy atom. The van der Waals surface area contributed by atoms with Crippen molar-refractivity contribution in [2.45, 2.75) is 18.4 Å². The number of amides is 1. The van der Waals surface area contributed by atoms with Crippen LogP contribution in [0.5, 0.6) is 5.75 Å². The molecular weight excluding hydrogens is 376 g/mol. The molecule has 0 radical (unpaired) electrons. The number of rotatable bonds is 7. The number of hydrogen-bond acceptors (Lipinski definition) is 4. The molecule has 0 aliphatic rings. The second-order valence-corrected chi connectivity index (χ2v) is 8.43. The molecular formula is C18H21ClN2O4S. The van der Waals surface area contributed by atoms with E-state index in [0.717, 1.165) is 9.87 Å². The molecule has 140 valence electrons. The number of benzene rings is 2. The van der Waals surface area contributed by atoms with Crippen molar-refractivity contribution < 1.29 is 17.9 Å². The van der Waals surface area contributed by atoms with Crippen LogP contribution in [0.15, 0.2) is 47.4 Å². The van der Waals surface area contributed by atoms with Crippen LogP contribution in [-0.2, 0) is 21.4 Å². The summed E-state index contributed by atoms with van der Waals surface area (Å²) in [5.41, 5.74) is 1.34. The lowest BCUT2D eigenvalue weighted by Gasteiger charge is -2.15. The van der Waals surface area contributed by atoms with Gasteiger partial charge in [0.05, 0.1) is 4.90 Å². The first-order valence-corrected chi connectivity index (χ1v) is 9.69. The first-order chi connectivity index (χ1) is 12.2. The number of carbonyl (C=O) groups is 1. The Balaban J connectivity index is 2.00. The summed E-state index contributed by atoms with van der Waals surface area (Å²) in [7, 11) is -0.652. The summed E-state index contributed by atoms with van der Waals surface area (Å²) in [4.78, 5) is 12.2. The maximum atomic E-state index is 12.4. The summed E-state index contributed by atoms with van der Waals surface area (Å²) in [6, 6.07) is 11.7. The predicted octanol–water partition coefficient (Wildman–Crippen LogP) is 2.59. The summed E-state index contributed by atoms with van der Waals surface area (Å²) in [6.07, 6.45) is 0. The third-order valence-corrected chi connectivity index (χ3v) is 5.85. The van der Waals surface area contributed by atoms with Gasteiger partial charge < -0.3 is 10.1 Å². The number of carbonyl (C=O) groups excluding carboxylic acids is 1. The lowest BCUT2D eigenvalue weighted by molar-refractivity contribution is -0.123. The van der Waals surface area contributed by atoms with E-state index in [1.807, 2.05) is 6.92 Å². The van der Waals surface area contributed by atoms with E-state index in [-0.39, 0.29) is 24.0 Å². The number of sulfonamides is 1. The van der Waals surface area contributed by atoms with Crippen molar-refractivity contribution in [2.75, 3.05) is 20.7 Å². The van der Waals surface area contributed by atoms with Crippen LogP contribution < -0.4 is 10.1 Å². The van der Waals surface area contributed by atoms with Gasteiger partial charge in [-0.05, 0) is 42.3 Å². The molecule has 8 heteroatoms. The molecule has 0 saturated heterocycles. The Hall–Kier alpha value is -2.09. The van der Waals surface area contributed by atoms with E-state index in [4.69, 9.17) is 16.3 Å². The molecule has 0 aromatic heterocycles. The smallest absolute Gasteiger partial charge is 0.258 e. The molecule has 0 saturated carbocycles. The molecule has 2 aromatic rings. The lowest BCUT2D eigenvalue weighted by Crippen LogP contribution is -2.30. The first kappa shape index (κ1) is 20.2. The molecule has 0 spiro atoms. The van der Waals surface area contributed by atoms with Crippen LogP contribution in [0.25, 0.3) is 0 Å². The van der Waals surface area contributed by atoms with Gasteiger partial charge >= 0.3 is 0 Å². The summed E-state index contributed by atoms with van der Waals surface area (Å²) in [5, 5.41) is 3.27. The minimum Gasteiger partial charge on any atom is -0.484 e. The number of nitrogens with one attached hydrogen (secondary N) is 1. The van der Waals surface area contributed by atoms with E-state index in [0.29, 0.717) is 16.3 Å². The largest absolute Gasteiger partial charge is 0.484 e. The molecule has 0 aliphatic heterocycles. The number of aryl methyl sites for hydroxylation is 1. The van der Waals surface area contributed by atoms with Gasteiger partial charge in [0.2, 0.25) is 10.0 Å². The monoisotopic (exact) mass is 396 g/mol. The van der Waals surface area contributed by atoms with Crippen LogP contribution in [0.4, 0.5) is 0 Å². The highest BCUT2D eigenvalue weighted by atomic mass is 35.5. The van der Waals surface area contributed by atoms with E-state index >= 15 is 0 Å². The fourth-order valence-electron chi connectivity index (χ4n) is 2.26. The molecule has 0 aliphatic carbocycles. The maximum absolute atomic E-state index is 12.4. The SMILES string of the molecule is Cc1cc(Cl)ccc1OCC(=O)NCc1ccccc1S(=O)(=O)N(C)C. The third-order valence-electron chi connectivity index (χ3n) is 3.70. The minimum absolute atomic E-state index is 0.0883. The molecule has 0 unspecified atom stereocenters. The standard InChI is InChI=1S/C18H21ClN2O4S/c1-13-10-15(19)8-9-16(13)25-12-18(22)20-11-14-6-4-5-7-17(14)26(23,24)21(2)3/h4-10H,11-12H2,1-3H3,(H,20,22). The zero-order valence-electron chi connectivity index (χ0n) is 14.8. The lowest BCUT2D eigenvalue weighted by atomic mass is 10.2. The predicted molar refractivity (Wildman–Crippen MR) is 101 cm³/mol. The normalized spacial score (nSPS) is 11.4. The van der Waals surface area contributed by atoms with Gasteiger partial charge in [0.15, 0.2) is 6.61 Å². The van der Waals surface area contributed by atoms with Gasteiger partial charge in [0, 0.05) is 25.7 Å². The molecule has 2 aromatic carbocycles. The van der Waals surface area contributed by atoms with Crippen LogP contribution in [0.2, 0.25) is 5.02 Å². The molecule has 1 amide bonds. The minimum atomic E-state index is -3.58. The van der Waals surface area contributed by atoms with Crippen molar-refractivity contribution in [3.63, 3.8) is 0 Å². The summed E-state index contributed by atoms with van der Waals surface area (Å²) in [6.45, 7) is 1.75. The van der Waals surface area contributed by atoms with Gasteiger partial charge in [-0.25, -0.2) is 12.7 Å². The third kappa shape index (κ3) is 4.97. The van der Waals surface area contributed by atoms with Crippen molar-refractivity contribution >= 4 is 27.5 Å². The maximum Gasteiger partial charge on any atom is 0.258 e. The number of hydrogen-bond donors (Lipinski definition) is 1. The second-order valence-electron chi connectivity index (χ2n) is 5.87. The van der Waals surface area contributed by atoms with Crippen molar-refractivity contribution in [3.05, 3.63) is 58.6 Å². The number of nitrogens with zero attached hydrogens (tertiary/aromatic N) is 1. The summed E-state index contributed by atoms with van der Waals surface area (Å²) in [5.74, 6) is 0.219. The fourth-order valence-corrected chi connectivity index (χ4v) is 3.60. The van der Waals surface area contributed by atoms with E-state index in [1.54, 1.807) is 36.4 Å². The molecule has 0 bridgehead atoms. The van der Waals surface area contributed by atoms with Crippen LogP contribution in [-0.4, -0.2) is 39.3 Å². The Labute approximate surface area is 158 Å². The molecule has 6 nitrogen and oxygen atoms in total. The van der Waals surface area contributed by atoms with E-state index in [9.17, 15) is 13.2 Å². The molecule has 0 fully saturated rings. The van der Waals surface area contributed by atoms with E-state index in [1.165, 1.54) is 20.2 Å². The average Bonchev–Trinajstić information content (AvgIpc) is 2.59. The van der Waals surface area contributed by atoms with Crippen molar-refractivity contribution in [2.24, 2.45) is 0 Å². The van der Waals surface area contributed by atoms with Crippen molar-refractivity contribution in [3.8, 4) is 5.75 Å². The van der Waals surface area contributed by atoms with Gasteiger partial charge in [-0.3, -0.25) is 4.79 Å². The highest BCUT2D eigenvalue weighted by Gasteiger charge is 2.20. The molecule has 0 atom stereocenters. The molecule has 1 N–H and O–H groups in total. The van der Waals surface area contributed by atoms with E-state index < -0.39 is 10.0 Å². The van der Waals surface area contributed by atoms with Gasteiger partial charge in [0.1, 0.15) is 5.75 Å². The fraction of sp³-hybridized carbons (Fsp3) is 0.278. The molecule has 0 heterocycles. The van der Waals surface area contributed by atoms with E-state index in [2.05, 4.69) is 5.32 Å². The Kier molecular flexibility index (Phi) is 6.63. The zero-order valence-corrected chi connectivity index (χ0v) is 16.4. The first-order valence-electron chi connectivity index (χ1n) is 7.88. The van der Waals surface area contributed by atoms with Crippen LogP contribution in [0.3, 0.4) is 0 Å². The highest BCUT2D eigenvalue weighted by Crippen LogP contribution is 2.22. The zero-order chi connectivity index (χ0) is 19.3. The topological polar surface area (TPSA) is 75.7 Å². The van der Waals surface area contributed by atoms with Crippen molar-refractivity contribution in [1.29, 1.82) is 0 Å². The average molecular weight is 397 g/mol. The number of ether oxygens (including phenoxy) is 1. The Morgan fingerprint density at radius 2 is 1.88 bits per heavy atom. The Morgan fingerprint density at radius 1 is 1.19 bits per heavy atom. The van der Waals surface area contributed by atoms with Gasteiger partial charge in [-0.15, -0.1) is 0 Å². The highest BCUT2D eigenvalue weighted by molar-refractivity contribution is 7.89. The second kappa shape index (κ2) is 8.53. The molecule has 26 heavy (non-hydrogen) atoms. The molecule has 2 rings (SSSR count). The van der Waals surface area contributed by atoms with Gasteiger partial charge in [0.25, 0.3) is 5.91 Å².